The molecule has 5 heteroatoms. The maximum Gasteiger partial charge on any atom is 0.172 e. The second-order valence-corrected chi connectivity index (χ2v) is 5.74. The lowest BCUT2D eigenvalue weighted by molar-refractivity contribution is 0.111. The third kappa shape index (κ3) is 3.35. The topological polar surface area (TPSA) is 51.0 Å². The van der Waals surface area contributed by atoms with E-state index in [0.29, 0.717) is 11.6 Å². The number of benzene rings is 1. The lowest BCUT2D eigenvalue weighted by Crippen LogP contribution is -2.21. The zero-order valence-corrected chi connectivity index (χ0v) is 13.8. The van der Waals surface area contributed by atoms with Crippen LogP contribution in [0.2, 0.25) is 0 Å². The molecule has 2 aromatic rings. The lowest BCUT2D eigenvalue weighted by Gasteiger charge is -2.21. The number of anilines is 1. The van der Waals surface area contributed by atoms with Gasteiger partial charge in [-0.3, -0.25) is 4.79 Å². The second-order valence-electron chi connectivity index (χ2n) is 5.74. The van der Waals surface area contributed by atoms with Crippen molar-refractivity contribution in [2.24, 2.45) is 5.92 Å². The fraction of sp³-hybridized carbons (Fsp3) is 0.471. The van der Waals surface area contributed by atoms with Gasteiger partial charge in [0.1, 0.15) is 5.69 Å². The van der Waals surface area contributed by atoms with E-state index in [1.54, 1.807) is 4.68 Å². The SMILES string of the molecule is CCN(CC)c1ccc(-n2nnc(C=O)c2CC(C)C)cc1. The monoisotopic (exact) mass is 300 g/mol. The van der Waals surface area contributed by atoms with Crippen molar-refractivity contribution < 1.29 is 4.79 Å². The van der Waals surface area contributed by atoms with E-state index in [2.05, 4.69) is 55.0 Å². The molecule has 0 fully saturated rings. The first-order valence-electron chi connectivity index (χ1n) is 7.85. The van der Waals surface area contributed by atoms with E-state index in [1.165, 1.54) is 5.69 Å². The number of hydrogen-bond acceptors (Lipinski definition) is 4. The summed E-state index contributed by atoms with van der Waals surface area (Å²) in [5, 5.41) is 8.14. The summed E-state index contributed by atoms with van der Waals surface area (Å²) in [4.78, 5) is 13.4. The number of carbonyl (C=O) groups is 1. The van der Waals surface area contributed by atoms with Crippen LogP contribution in [0.25, 0.3) is 5.69 Å². The summed E-state index contributed by atoms with van der Waals surface area (Å²) in [5.41, 5.74) is 3.43. The van der Waals surface area contributed by atoms with Crippen molar-refractivity contribution in [2.45, 2.75) is 34.1 Å². The van der Waals surface area contributed by atoms with Crippen LogP contribution in [-0.4, -0.2) is 34.4 Å². The molecule has 0 saturated heterocycles. The molecule has 0 saturated carbocycles. The van der Waals surface area contributed by atoms with Crippen LogP contribution in [0.3, 0.4) is 0 Å². The maximum atomic E-state index is 11.2. The van der Waals surface area contributed by atoms with E-state index in [9.17, 15) is 4.79 Å². The number of aromatic nitrogens is 3. The molecule has 0 amide bonds. The van der Waals surface area contributed by atoms with Crippen LogP contribution in [0.4, 0.5) is 5.69 Å². The van der Waals surface area contributed by atoms with Gasteiger partial charge in [-0.25, -0.2) is 4.68 Å². The third-order valence-corrected chi connectivity index (χ3v) is 3.73. The molecule has 0 atom stereocenters. The molecule has 0 aliphatic rings. The van der Waals surface area contributed by atoms with Crippen molar-refractivity contribution in [3.05, 3.63) is 35.7 Å². The van der Waals surface area contributed by atoms with Gasteiger partial charge >= 0.3 is 0 Å². The summed E-state index contributed by atoms with van der Waals surface area (Å²) in [5.74, 6) is 0.436. The first kappa shape index (κ1) is 16.2. The van der Waals surface area contributed by atoms with Crippen LogP contribution in [0.15, 0.2) is 24.3 Å². The molecule has 0 aliphatic carbocycles. The molecule has 0 unspecified atom stereocenters. The highest BCUT2D eigenvalue weighted by Gasteiger charge is 2.15. The Kier molecular flexibility index (Phi) is 5.31. The molecule has 2 rings (SSSR count). The molecule has 0 aliphatic heterocycles. The molecular formula is C17H24N4O. The molecule has 1 heterocycles. The average Bonchev–Trinajstić information content (AvgIpc) is 2.91. The summed E-state index contributed by atoms with van der Waals surface area (Å²) >= 11 is 0. The Morgan fingerprint density at radius 3 is 2.32 bits per heavy atom. The number of aldehydes is 1. The van der Waals surface area contributed by atoms with Crippen molar-refractivity contribution in [1.82, 2.24) is 15.0 Å². The minimum Gasteiger partial charge on any atom is -0.372 e. The van der Waals surface area contributed by atoms with Gasteiger partial charge in [0.15, 0.2) is 6.29 Å². The summed E-state index contributed by atoms with van der Waals surface area (Å²) < 4.78 is 1.77. The van der Waals surface area contributed by atoms with Gasteiger partial charge in [-0.2, -0.15) is 0 Å². The van der Waals surface area contributed by atoms with Gasteiger partial charge in [-0.15, -0.1) is 5.10 Å². The highest BCUT2D eigenvalue weighted by molar-refractivity contribution is 5.73. The van der Waals surface area contributed by atoms with Gasteiger partial charge < -0.3 is 4.90 Å². The minimum atomic E-state index is 0.432. The lowest BCUT2D eigenvalue weighted by atomic mass is 10.1. The van der Waals surface area contributed by atoms with Gasteiger partial charge in [0.25, 0.3) is 0 Å². The summed E-state index contributed by atoms with van der Waals surface area (Å²) in [6, 6.07) is 8.23. The largest absolute Gasteiger partial charge is 0.372 e. The zero-order chi connectivity index (χ0) is 16.1. The molecular weight excluding hydrogens is 276 g/mol. The van der Waals surface area contributed by atoms with Gasteiger partial charge in [-0.1, -0.05) is 19.1 Å². The third-order valence-electron chi connectivity index (χ3n) is 3.73. The van der Waals surface area contributed by atoms with Crippen LogP contribution < -0.4 is 4.90 Å². The van der Waals surface area contributed by atoms with E-state index < -0.39 is 0 Å². The summed E-state index contributed by atoms with van der Waals surface area (Å²) in [6.07, 6.45) is 1.56. The fourth-order valence-electron chi connectivity index (χ4n) is 2.58. The van der Waals surface area contributed by atoms with Gasteiger partial charge in [0.2, 0.25) is 0 Å². The van der Waals surface area contributed by atoms with E-state index in [4.69, 9.17) is 0 Å². The maximum absolute atomic E-state index is 11.2. The molecule has 22 heavy (non-hydrogen) atoms. The Bertz CT molecular complexity index is 612. The van der Waals surface area contributed by atoms with Crippen molar-refractivity contribution in [3.8, 4) is 5.69 Å². The van der Waals surface area contributed by atoms with E-state index in [1.807, 2.05) is 12.1 Å². The Morgan fingerprint density at radius 2 is 1.82 bits per heavy atom. The fourth-order valence-corrected chi connectivity index (χ4v) is 2.58. The number of carbonyl (C=O) groups excluding carboxylic acids is 1. The van der Waals surface area contributed by atoms with Crippen molar-refractivity contribution in [1.29, 1.82) is 0 Å². The molecule has 118 valence electrons. The van der Waals surface area contributed by atoms with Crippen LogP contribution in [-0.2, 0) is 6.42 Å². The van der Waals surface area contributed by atoms with Crippen LogP contribution in [0.5, 0.6) is 0 Å². The van der Waals surface area contributed by atoms with E-state index in [0.717, 1.165) is 37.2 Å². The molecule has 0 spiro atoms. The number of rotatable bonds is 7. The molecule has 0 N–H and O–H groups in total. The standard InChI is InChI=1S/C17H24N4O/c1-5-20(6-2)14-7-9-15(10-8-14)21-17(11-13(3)4)16(12-22)18-19-21/h7-10,12-13H,5-6,11H2,1-4H3. The minimum absolute atomic E-state index is 0.432. The average molecular weight is 300 g/mol. The van der Waals surface area contributed by atoms with Crippen molar-refractivity contribution in [3.63, 3.8) is 0 Å². The van der Waals surface area contributed by atoms with Crippen molar-refractivity contribution >= 4 is 12.0 Å². The predicted octanol–water partition coefficient (Wildman–Crippen LogP) is 3.12. The quantitative estimate of drug-likeness (QED) is 0.737. The van der Waals surface area contributed by atoms with Crippen LogP contribution in [0, 0.1) is 5.92 Å². The van der Waals surface area contributed by atoms with Gasteiger partial charge in [0, 0.05) is 18.8 Å². The zero-order valence-electron chi connectivity index (χ0n) is 13.8. The normalized spacial score (nSPS) is 11.0. The van der Waals surface area contributed by atoms with Crippen molar-refractivity contribution in [2.75, 3.05) is 18.0 Å². The highest BCUT2D eigenvalue weighted by Crippen LogP contribution is 2.20. The highest BCUT2D eigenvalue weighted by atomic mass is 16.1. The van der Waals surface area contributed by atoms with Gasteiger partial charge in [-0.05, 0) is 50.5 Å². The number of hydrogen-bond donors (Lipinski definition) is 0. The first-order chi connectivity index (χ1) is 10.6. The Morgan fingerprint density at radius 1 is 1.18 bits per heavy atom. The smallest absolute Gasteiger partial charge is 0.172 e. The second kappa shape index (κ2) is 7.20. The van der Waals surface area contributed by atoms with Crippen LogP contribution >= 0.6 is 0 Å². The van der Waals surface area contributed by atoms with Gasteiger partial charge in [0.05, 0.1) is 11.4 Å². The summed E-state index contributed by atoms with van der Waals surface area (Å²) in [6.45, 7) is 10.5. The molecule has 5 nitrogen and oxygen atoms in total. The molecule has 1 aromatic heterocycles. The Balaban J connectivity index is 2.36. The van der Waals surface area contributed by atoms with Crippen LogP contribution in [0.1, 0.15) is 43.9 Å². The first-order valence-corrected chi connectivity index (χ1v) is 7.85. The Labute approximate surface area is 131 Å². The predicted molar refractivity (Wildman–Crippen MR) is 88.8 cm³/mol. The van der Waals surface area contributed by atoms with E-state index in [-0.39, 0.29) is 0 Å². The number of nitrogens with zero attached hydrogens (tertiary/aromatic N) is 4. The molecule has 1 aromatic carbocycles. The van der Waals surface area contributed by atoms with E-state index >= 15 is 0 Å². The summed E-state index contributed by atoms with van der Waals surface area (Å²) in [7, 11) is 0. The Hall–Kier alpha value is -2.17. The molecule has 0 radical (unpaired) electrons. The molecule has 0 bridgehead atoms.